The third-order valence-electron chi connectivity index (χ3n) is 2.63. The average molecular weight is 194 g/mol. The van der Waals surface area contributed by atoms with Gasteiger partial charge in [0.05, 0.1) is 0 Å². The third-order valence-corrected chi connectivity index (χ3v) is 3.45. The van der Waals surface area contributed by atoms with E-state index in [1.54, 1.807) is 11.3 Å². The number of rotatable bonds is 2. The van der Waals surface area contributed by atoms with E-state index in [1.807, 2.05) is 0 Å². The second-order valence-corrected chi connectivity index (χ2v) is 4.49. The Morgan fingerprint density at radius 2 is 2.54 bits per heavy atom. The molecule has 70 valence electrons. The summed E-state index contributed by atoms with van der Waals surface area (Å²) in [6.45, 7) is 0.317. The van der Waals surface area contributed by atoms with E-state index in [9.17, 15) is 0 Å². The summed E-state index contributed by atoms with van der Waals surface area (Å²) < 4.78 is 0. The van der Waals surface area contributed by atoms with Gasteiger partial charge in [-0.2, -0.15) is 0 Å². The molecule has 0 spiro atoms. The van der Waals surface area contributed by atoms with Gasteiger partial charge in [-0.25, -0.2) is 0 Å². The minimum atomic E-state index is 0.317. The van der Waals surface area contributed by atoms with Crippen molar-refractivity contribution in [2.45, 2.75) is 19.3 Å². The summed E-state index contributed by atoms with van der Waals surface area (Å²) >= 11 is 1.76. The Morgan fingerprint density at radius 3 is 3.23 bits per heavy atom. The fraction of sp³-hybridized carbons (Fsp3) is 0.455. The molecule has 0 aliphatic heterocycles. The number of aliphatic hydroxyl groups is 1. The molecule has 1 saturated carbocycles. The highest BCUT2D eigenvalue weighted by Crippen LogP contribution is 2.32. The Balaban J connectivity index is 2.15. The van der Waals surface area contributed by atoms with E-state index >= 15 is 0 Å². The summed E-state index contributed by atoms with van der Waals surface area (Å²) in [4.78, 5) is 1.32. The van der Waals surface area contributed by atoms with Crippen LogP contribution in [-0.4, -0.2) is 11.7 Å². The monoisotopic (exact) mass is 194 g/mol. The first-order chi connectivity index (χ1) is 6.40. The molecule has 1 heterocycles. The van der Waals surface area contributed by atoms with Crippen molar-refractivity contribution < 1.29 is 5.11 Å². The fourth-order valence-corrected chi connectivity index (χ4v) is 2.59. The molecule has 13 heavy (non-hydrogen) atoms. The van der Waals surface area contributed by atoms with Crippen LogP contribution in [0.4, 0.5) is 0 Å². The molecule has 1 atom stereocenters. The van der Waals surface area contributed by atoms with E-state index in [0.29, 0.717) is 12.5 Å². The molecule has 0 bridgehead atoms. The number of hydrogen-bond acceptors (Lipinski definition) is 2. The minimum Gasteiger partial charge on any atom is -0.396 e. The summed E-state index contributed by atoms with van der Waals surface area (Å²) in [5.41, 5.74) is 1.44. The van der Waals surface area contributed by atoms with Crippen LogP contribution in [0.15, 0.2) is 23.1 Å². The van der Waals surface area contributed by atoms with Crippen molar-refractivity contribution in [1.82, 2.24) is 0 Å². The third kappa shape index (κ3) is 2.01. The van der Waals surface area contributed by atoms with Crippen molar-refractivity contribution in [3.05, 3.63) is 28.0 Å². The molecule has 1 unspecified atom stereocenters. The maximum atomic E-state index is 9.13. The Bertz CT molecular complexity index is 287. The largest absolute Gasteiger partial charge is 0.396 e. The van der Waals surface area contributed by atoms with E-state index < -0.39 is 0 Å². The van der Waals surface area contributed by atoms with Gasteiger partial charge in [0.1, 0.15) is 0 Å². The van der Waals surface area contributed by atoms with Gasteiger partial charge in [0.25, 0.3) is 0 Å². The first kappa shape index (κ1) is 8.97. The second kappa shape index (κ2) is 4.07. The van der Waals surface area contributed by atoms with Gasteiger partial charge in [-0.3, -0.25) is 0 Å². The Morgan fingerprint density at radius 1 is 1.62 bits per heavy atom. The molecular weight excluding hydrogens is 180 g/mol. The van der Waals surface area contributed by atoms with Crippen molar-refractivity contribution in [3.63, 3.8) is 0 Å². The van der Waals surface area contributed by atoms with Gasteiger partial charge in [0.2, 0.25) is 0 Å². The van der Waals surface area contributed by atoms with Crippen LogP contribution in [0.3, 0.4) is 0 Å². The van der Waals surface area contributed by atoms with Gasteiger partial charge in [0, 0.05) is 17.4 Å². The molecule has 0 amide bonds. The highest BCUT2D eigenvalue weighted by Gasteiger charge is 2.19. The summed E-state index contributed by atoms with van der Waals surface area (Å²) in [5, 5.41) is 11.2. The lowest BCUT2D eigenvalue weighted by atomic mass is 10.0. The average Bonchev–Trinajstić information content (AvgIpc) is 2.76. The zero-order chi connectivity index (χ0) is 9.10. The molecule has 0 saturated heterocycles. The van der Waals surface area contributed by atoms with Crippen molar-refractivity contribution in [3.8, 4) is 0 Å². The van der Waals surface area contributed by atoms with Crippen LogP contribution in [0.1, 0.15) is 24.1 Å². The van der Waals surface area contributed by atoms with E-state index in [-0.39, 0.29) is 0 Å². The second-order valence-electron chi connectivity index (χ2n) is 3.51. The predicted octanol–water partition coefficient (Wildman–Crippen LogP) is 2.92. The molecule has 2 rings (SSSR count). The molecule has 1 aliphatic carbocycles. The summed E-state index contributed by atoms with van der Waals surface area (Å²) in [6.07, 6.45) is 5.82. The van der Waals surface area contributed by atoms with E-state index in [1.165, 1.54) is 23.3 Å². The van der Waals surface area contributed by atoms with E-state index in [4.69, 9.17) is 5.11 Å². The Labute approximate surface area is 82.7 Å². The standard InChI is InChI=1S/C11H14OS/c12-8-10-4-1-3-9(10)7-11-5-2-6-13-11/h2,5-7,10,12H,1,3-4,8H2/b9-7-. The van der Waals surface area contributed by atoms with Gasteiger partial charge < -0.3 is 5.11 Å². The molecule has 1 fully saturated rings. The Kier molecular flexibility index (Phi) is 2.81. The summed E-state index contributed by atoms with van der Waals surface area (Å²) in [5.74, 6) is 0.432. The van der Waals surface area contributed by atoms with Crippen LogP contribution in [0.2, 0.25) is 0 Å². The van der Waals surface area contributed by atoms with Crippen molar-refractivity contribution in [2.24, 2.45) is 5.92 Å². The topological polar surface area (TPSA) is 20.2 Å². The summed E-state index contributed by atoms with van der Waals surface area (Å²) in [7, 11) is 0. The normalized spacial score (nSPS) is 25.6. The van der Waals surface area contributed by atoms with Crippen LogP contribution in [0.25, 0.3) is 6.08 Å². The van der Waals surface area contributed by atoms with Crippen molar-refractivity contribution in [2.75, 3.05) is 6.61 Å². The van der Waals surface area contributed by atoms with Crippen LogP contribution < -0.4 is 0 Å². The highest BCUT2D eigenvalue weighted by atomic mass is 32.1. The predicted molar refractivity (Wildman–Crippen MR) is 56.7 cm³/mol. The maximum Gasteiger partial charge on any atom is 0.0496 e. The molecule has 1 N–H and O–H groups in total. The van der Waals surface area contributed by atoms with Gasteiger partial charge in [-0.05, 0) is 36.8 Å². The molecule has 1 aromatic heterocycles. The smallest absolute Gasteiger partial charge is 0.0496 e. The zero-order valence-corrected chi connectivity index (χ0v) is 8.39. The minimum absolute atomic E-state index is 0.317. The van der Waals surface area contributed by atoms with Gasteiger partial charge in [-0.15, -0.1) is 11.3 Å². The van der Waals surface area contributed by atoms with E-state index in [0.717, 1.165) is 6.42 Å². The van der Waals surface area contributed by atoms with Crippen LogP contribution in [0, 0.1) is 5.92 Å². The SMILES string of the molecule is OCC1CCC/C1=C/c1cccs1. The quantitative estimate of drug-likeness (QED) is 0.767. The lowest BCUT2D eigenvalue weighted by Gasteiger charge is -2.06. The summed E-state index contributed by atoms with van der Waals surface area (Å²) in [6, 6.07) is 4.20. The lowest BCUT2D eigenvalue weighted by molar-refractivity contribution is 0.249. The first-order valence-electron chi connectivity index (χ1n) is 4.75. The molecule has 2 heteroatoms. The van der Waals surface area contributed by atoms with Crippen molar-refractivity contribution >= 4 is 17.4 Å². The molecule has 0 aromatic carbocycles. The highest BCUT2D eigenvalue weighted by molar-refractivity contribution is 7.10. The number of thiophene rings is 1. The van der Waals surface area contributed by atoms with E-state index in [2.05, 4.69) is 23.6 Å². The molecular formula is C11H14OS. The van der Waals surface area contributed by atoms with Crippen LogP contribution in [-0.2, 0) is 0 Å². The maximum absolute atomic E-state index is 9.13. The number of aliphatic hydroxyl groups excluding tert-OH is 1. The molecule has 1 nitrogen and oxygen atoms in total. The molecule has 1 aromatic rings. The molecule has 0 radical (unpaired) electrons. The fourth-order valence-electron chi connectivity index (χ4n) is 1.90. The van der Waals surface area contributed by atoms with Crippen LogP contribution in [0.5, 0.6) is 0 Å². The first-order valence-corrected chi connectivity index (χ1v) is 5.63. The van der Waals surface area contributed by atoms with Crippen molar-refractivity contribution in [1.29, 1.82) is 0 Å². The Hall–Kier alpha value is -0.600. The van der Waals surface area contributed by atoms with Gasteiger partial charge >= 0.3 is 0 Å². The van der Waals surface area contributed by atoms with Crippen LogP contribution >= 0.6 is 11.3 Å². The molecule has 1 aliphatic rings. The zero-order valence-electron chi connectivity index (χ0n) is 7.57. The van der Waals surface area contributed by atoms with Gasteiger partial charge in [0.15, 0.2) is 0 Å². The number of hydrogen-bond donors (Lipinski definition) is 1. The van der Waals surface area contributed by atoms with Gasteiger partial charge in [-0.1, -0.05) is 11.6 Å². The lowest BCUT2D eigenvalue weighted by Crippen LogP contribution is -2.01.